The fourth-order valence-corrected chi connectivity index (χ4v) is 5.93. The monoisotopic (exact) mass is 286 g/mol. The second-order valence-electron chi connectivity index (χ2n) is 5.87. The van der Waals surface area contributed by atoms with Crippen molar-refractivity contribution < 1.29 is 4.42 Å². The van der Waals surface area contributed by atoms with Gasteiger partial charge in [0.2, 0.25) is 0 Å². The third kappa shape index (κ3) is 2.33. The van der Waals surface area contributed by atoms with Gasteiger partial charge < -0.3 is 4.42 Å². The van der Waals surface area contributed by atoms with E-state index >= 15 is 0 Å². The minimum Gasteiger partial charge on any atom is -0.465 e. The lowest BCUT2D eigenvalue weighted by atomic mass is 10.1. The molecule has 19 heavy (non-hydrogen) atoms. The summed E-state index contributed by atoms with van der Waals surface area (Å²) in [6.45, 7) is 7.18. The van der Waals surface area contributed by atoms with E-state index in [1.165, 1.54) is 21.2 Å². The number of thioether (sulfide) groups is 1. The summed E-state index contributed by atoms with van der Waals surface area (Å²) in [6.07, 6.45) is 1.78. The van der Waals surface area contributed by atoms with Crippen molar-refractivity contribution in [3.05, 3.63) is 54.0 Å². The summed E-state index contributed by atoms with van der Waals surface area (Å²) in [5.41, 5.74) is 2.89. The highest BCUT2D eigenvalue weighted by Gasteiger charge is 2.30. The summed E-state index contributed by atoms with van der Waals surface area (Å²) in [7, 11) is -1.45. The van der Waals surface area contributed by atoms with Gasteiger partial charge in [-0.3, -0.25) is 0 Å². The van der Waals surface area contributed by atoms with Gasteiger partial charge in [0.05, 0.1) is 14.3 Å². The Morgan fingerprint density at radius 2 is 1.89 bits per heavy atom. The molecule has 0 saturated heterocycles. The summed E-state index contributed by atoms with van der Waals surface area (Å²) in [5, 5.41) is 1.47. The predicted molar refractivity (Wildman–Crippen MR) is 86.0 cm³/mol. The molecular formula is C16H18OSSi. The lowest BCUT2D eigenvalue weighted by Crippen LogP contribution is -2.24. The highest BCUT2D eigenvalue weighted by atomic mass is 32.2. The maximum absolute atomic E-state index is 5.72. The van der Waals surface area contributed by atoms with E-state index in [2.05, 4.69) is 50.0 Å². The Bertz CT molecular complexity index is 620. The van der Waals surface area contributed by atoms with Crippen molar-refractivity contribution in [2.45, 2.75) is 24.5 Å². The summed E-state index contributed by atoms with van der Waals surface area (Å²) >= 11 is 1.94. The smallest absolute Gasteiger partial charge is 0.126 e. The van der Waals surface area contributed by atoms with Gasteiger partial charge in [0.15, 0.2) is 0 Å². The standard InChI is InChI=1S/C16H18OSSi/c1-19(2,3)16(14-8-6-10-17-14)13-11-18-15-9-5-4-7-12(13)15/h4-10H,11H2,1-3H3/b16-13+. The zero-order valence-electron chi connectivity index (χ0n) is 11.6. The van der Waals surface area contributed by atoms with Crippen molar-refractivity contribution in [2.24, 2.45) is 0 Å². The van der Waals surface area contributed by atoms with Gasteiger partial charge in [-0.1, -0.05) is 37.8 Å². The number of rotatable bonds is 2. The van der Waals surface area contributed by atoms with Gasteiger partial charge in [0.1, 0.15) is 5.76 Å². The predicted octanol–water partition coefficient (Wildman–Crippen LogP) is 5.17. The molecule has 0 amide bonds. The Morgan fingerprint density at radius 3 is 2.58 bits per heavy atom. The minimum atomic E-state index is -1.45. The van der Waals surface area contributed by atoms with Crippen LogP contribution in [0, 0.1) is 0 Å². The van der Waals surface area contributed by atoms with E-state index in [0.29, 0.717) is 0 Å². The fraction of sp³-hybridized carbons (Fsp3) is 0.250. The van der Waals surface area contributed by atoms with E-state index in [1.54, 1.807) is 6.26 Å². The molecule has 1 aromatic heterocycles. The summed E-state index contributed by atoms with van der Waals surface area (Å²) in [4.78, 5) is 1.40. The molecule has 1 aliphatic heterocycles. The quantitative estimate of drug-likeness (QED) is 0.706. The average molecular weight is 286 g/mol. The van der Waals surface area contributed by atoms with Crippen molar-refractivity contribution in [2.75, 3.05) is 5.75 Å². The van der Waals surface area contributed by atoms with E-state index in [0.717, 1.165) is 11.5 Å². The van der Waals surface area contributed by atoms with Gasteiger partial charge in [-0.05, 0) is 34.5 Å². The molecule has 0 radical (unpaired) electrons. The third-order valence-corrected chi connectivity index (χ3v) is 6.55. The normalized spacial score (nSPS) is 17.4. The van der Waals surface area contributed by atoms with Crippen molar-refractivity contribution in [1.82, 2.24) is 0 Å². The molecule has 2 heterocycles. The Balaban J connectivity index is 2.24. The number of hydrogen-bond donors (Lipinski definition) is 0. The minimum absolute atomic E-state index is 1.06. The van der Waals surface area contributed by atoms with E-state index in [1.807, 2.05) is 17.8 Å². The first-order chi connectivity index (χ1) is 9.07. The Hall–Kier alpha value is -1.19. The van der Waals surface area contributed by atoms with Gasteiger partial charge in [0.25, 0.3) is 0 Å². The lowest BCUT2D eigenvalue weighted by Gasteiger charge is -2.22. The number of furan rings is 1. The zero-order chi connectivity index (χ0) is 13.5. The molecule has 1 aromatic carbocycles. The highest BCUT2D eigenvalue weighted by molar-refractivity contribution is 8.00. The third-order valence-electron chi connectivity index (χ3n) is 3.40. The van der Waals surface area contributed by atoms with E-state index in [9.17, 15) is 0 Å². The second-order valence-corrected chi connectivity index (χ2v) is 11.9. The van der Waals surface area contributed by atoms with Gasteiger partial charge in [-0.2, -0.15) is 0 Å². The molecule has 98 valence electrons. The van der Waals surface area contributed by atoms with Crippen LogP contribution in [0.15, 0.2) is 52.0 Å². The summed E-state index contributed by atoms with van der Waals surface area (Å²) in [5.74, 6) is 2.13. The van der Waals surface area contributed by atoms with Crippen LogP contribution in [0.25, 0.3) is 10.8 Å². The molecule has 3 rings (SSSR count). The van der Waals surface area contributed by atoms with Crippen LogP contribution in [0.4, 0.5) is 0 Å². The van der Waals surface area contributed by atoms with Crippen LogP contribution in [-0.4, -0.2) is 13.8 Å². The Labute approximate surface area is 119 Å². The topological polar surface area (TPSA) is 13.1 Å². The molecule has 0 fully saturated rings. The summed E-state index contributed by atoms with van der Waals surface area (Å²) < 4.78 is 5.72. The maximum atomic E-state index is 5.72. The first-order valence-corrected chi connectivity index (χ1v) is 11.1. The first-order valence-electron chi connectivity index (χ1n) is 6.57. The van der Waals surface area contributed by atoms with Crippen LogP contribution >= 0.6 is 11.8 Å². The zero-order valence-corrected chi connectivity index (χ0v) is 13.4. The molecule has 0 atom stereocenters. The number of fused-ring (bicyclic) bond motifs is 1. The van der Waals surface area contributed by atoms with Gasteiger partial charge >= 0.3 is 0 Å². The fourth-order valence-electron chi connectivity index (χ4n) is 2.67. The first kappa shape index (κ1) is 12.8. The molecule has 3 heteroatoms. The second kappa shape index (κ2) is 4.73. The Morgan fingerprint density at radius 1 is 1.11 bits per heavy atom. The average Bonchev–Trinajstić information content (AvgIpc) is 2.98. The molecule has 0 aliphatic carbocycles. The van der Waals surface area contributed by atoms with Crippen LogP contribution in [0.3, 0.4) is 0 Å². The van der Waals surface area contributed by atoms with Crippen molar-refractivity contribution in [1.29, 1.82) is 0 Å². The van der Waals surface area contributed by atoms with E-state index in [4.69, 9.17) is 4.42 Å². The molecule has 0 spiro atoms. The molecule has 1 aliphatic rings. The van der Waals surface area contributed by atoms with Crippen LogP contribution in [0.2, 0.25) is 19.6 Å². The van der Waals surface area contributed by atoms with Crippen LogP contribution in [-0.2, 0) is 0 Å². The largest absolute Gasteiger partial charge is 0.465 e. The molecular weight excluding hydrogens is 268 g/mol. The molecule has 1 nitrogen and oxygen atoms in total. The number of benzene rings is 1. The van der Waals surface area contributed by atoms with E-state index < -0.39 is 8.07 Å². The number of hydrogen-bond acceptors (Lipinski definition) is 2. The van der Waals surface area contributed by atoms with Crippen LogP contribution < -0.4 is 0 Å². The molecule has 0 N–H and O–H groups in total. The molecule has 0 saturated carbocycles. The van der Waals surface area contributed by atoms with Gasteiger partial charge in [-0.25, -0.2) is 0 Å². The molecule has 2 aromatic rings. The van der Waals surface area contributed by atoms with Crippen molar-refractivity contribution in [3.63, 3.8) is 0 Å². The van der Waals surface area contributed by atoms with Crippen LogP contribution in [0.5, 0.6) is 0 Å². The molecule has 0 bridgehead atoms. The van der Waals surface area contributed by atoms with E-state index in [-0.39, 0.29) is 0 Å². The highest BCUT2D eigenvalue weighted by Crippen LogP contribution is 2.44. The summed E-state index contributed by atoms with van der Waals surface area (Å²) in [6, 6.07) is 12.8. The van der Waals surface area contributed by atoms with Gasteiger partial charge in [0, 0.05) is 10.6 Å². The Kier molecular flexibility index (Phi) is 3.19. The lowest BCUT2D eigenvalue weighted by molar-refractivity contribution is 0.555. The van der Waals surface area contributed by atoms with Crippen LogP contribution in [0.1, 0.15) is 11.3 Å². The molecule has 0 unspecified atom stereocenters. The SMILES string of the molecule is C[Si](C)(C)/C(=C1\CSc2ccccc21)c1ccco1. The van der Waals surface area contributed by atoms with Crippen molar-refractivity contribution in [3.8, 4) is 0 Å². The van der Waals surface area contributed by atoms with Gasteiger partial charge in [-0.15, -0.1) is 11.8 Å². The van der Waals surface area contributed by atoms with Crippen molar-refractivity contribution >= 4 is 30.6 Å². The maximum Gasteiger partial charge on any atom is 0.126 e.